The van der Waals surface area contributed by atoms with E-state index < -0.39 is 19.5 Å². The Labute approximate surface area is 97.4 Å². The van der Waals surface area contributed by atoms with Gasteiger partial charge in [-0.15, -0.1) is 0 Å². The molecule has 0 aliphatic heterocycles. The molecule has 15 heavy (non-hydrogen) atoms. The lowest BCUT2D eigenvalue weighted by atomic mass is 10.4. The van der Waals surface area contributed by atoms with Gasteiger partial charge in [0.1, 0.15) is 0 Å². The van der Waals surface area contributed by atoms with Crippen LogP contribution in [0, 0.1) is 0 Å². The van der Waals surface area contributed by atoms with Crippen molar-refractivity contribution in [1.82, 2.24) is 0 Å². The SMILES string of the molecule is C=C(C)COC[SiH2]O[SiH2]COCC(=C)C. The molecule has 0 amide bonds. The molecular formula is C10H22O3Si2. The van der Waals surface area contributed by atoms with Crippen molar-refractivity contribution in [1.29, 1.82) is 0 Å². The fraction of sp³-hybridized carbons (Fsp3) is 0.600. The van der Waals surface area contributed by atoms with E-state index >= 15 is 0 Å². The first-order chi connectivity index (χ1) is 7.13. The molecule has 0 unspecified atom stereocenters. The maximum absolute atomic E-state index is 5.57. The highest BCUT2D eigenvalue weighted by Gasteiger charge is 1.93. The van der Waals surface area contributed by atoms with Gasteiger partial charge in [-0.2, -0.15) is 0 Å². The standard InChI is InChI=1S/C10H22O3Si2/c1-9(2)5-11-7-14-13-15-8-12-6-10(3)4/h1,3,5-8,14-15H2,2,4H3. The smallest absolute Gasteiger partial charge is 0.172 e. The van der Waals surface area contributed by atoms with Gasteiger partial charge < -0.3 is 13.6 Å². The van der Waals surface area contributed by atoms with Crippen LogP contribution in [-0.4, -0.2) is 45.2 Å². The monoisotopic (exact) mass is 246 g/mol. The maximum Gasteiger partial charge on any atom is 0.172 e. The van der Waals surface area contributed by atoms with Gasteiger partial charge in [-0.1, -0.05) is 24.3 Å². The van der Waals surface area contributed by atoms with Crippen molar-refractivity contribution in [2.75, 3.05) is 25.7 Å². The summed E-state index contributed by atoms with van der Waals surface area (Å²) in [5.41, 5.74) is 2.12. The van der Waals surface area contributed by atoms with Crippen LogP contribution in [0.15, 0.2) is 24.3 Å². The molecular weight excluding hydrogens is 224 g/mol. The number of hydrogen-bond acceptors (Lipinski definition) is 3. The van der Waals surface area contributed by atoms with Crippen LogP contribution in [0.2, 0.25) is 0 Å². The van der Waals surface area contributed by atoms with Crippen LogP contribution in [0.1, 0.15) is 13.8 Å². The predicted octanol–water partition coefficient (Wildman–Crippen LogP) is 0.271. The Hall–Kier alpha value is -0.206. The van der Waals surface area contributed by atoms with E-state index in [1.165, 1.54) is 0 Å². The highest BCUT2D eigenvalue weighted by molar-refractivity contribution is 6.42. The third-order valence-electron chi connectivity index (χ3n) is 1.44. The first-order valence-corrected chi connectivity index (χ1v) is 8.30. The Balaban J connectivity index is 2.99. The minimum atomic E-state index is -0.483. The molecule has 0 spiro atoms. The summed E-state index contributed by atoms with van der Waals surface area (Å²) in [4.78, 5) is 0. The van der Waals surface area contributed by atoms with Gasteiger partial charge in [0.25, 0.3) is 0 Å². The number of ether oxygens (including phenoxy) is 2. The quantitative estimate of drug-likeness (QED) is 0.315. The van der Waals surface area contributed by atoms with Crippen molar-refractivity contribution in [2.45, 2.75) is 13.8 Å². The minimum absolute atomic E-state index is 0.483. The zero-order chi connectivity index (χ0) is 11.5. The molecule has 0 atom stereocenters. The average Bonchev–Trinajstić information content (AvgIpc) is 2.14. The van der Waals surface area contributed by atoms with E-state index in [1.807, 2.05) is 13.8 Å². The molecule has 3 nitrogen and oxygen atoms in total. The lowest BCUT2D eigenvalue weighted by Crippen LogP contribution is -2.16. The Kier molecular flexibility index (Phi) is 10.2. The lowest BCUT2D eigenvalue weighted by molar-refractivity contribution is 0.189. The van der Waals surface area contributed by atoms with Gasteiger partial charge in [0.05, 0.1) is 25.7 Å². The molecule has 0 bridgehead atoms. The Bertz CT molecular complexity index is 175. The van der Waals surface area contributed by atoms with Crippen LogP contribution in [-0.2, 0) is 13.6 Å². The molecule has 0 N–H and O–H groups in total. The van der Waals surface area contributed by atoms with Gasteiger partial charge in [-0.3, -0.25) is 0 Å². The van der Waals surface area contributed by atoms with Crippen molar-refractivity contribution < 1.29 is 13.6 Å². The van der Waals surface area contributed by atoms with E-state index in [-0.39, 0.29) is 0 Å². The van der Waals surface area contributed by atoms with Crippen molar-refractivity contribution in [3.8, 4) is 0 Å². The molecule has 0 aromatic heterocycles. The van der Waals surface area contributed by atoms with Crippen molar-refractivity contribution in [3.05, 3.63) is 24.3 Å². The lowest BCUT2D eigenvalue weighted by Gasteiger charge is -2.05. The van der Waals surface area contributed by atoms with Gasteiger partial charge in [0.2, 0.25) is 0 Å². The summed E-state index contributed by atoms with van der Waals surface area (Å²) in [5, 5.41) is 0. The van der Waals surface area contributed by atoms with Crippen LogP contribution >= 0.6 is 0 Å². The Morgan fingerprint density at radius 2 is 1.33 bits per heavy atom. The number of hydrogen-bond donors (Lipinski definition) is 0. The molecule has 0 aromatic carbocycles. The summed E-state index contributed by atoms with van der Waals surface area (Å²) < 4.78 is 16.3. The third kappa shape index (κ3) is 13.8. The molecule has 0 aliphatic carbocycles. The third-order valence-corrected chi connectivity index (χ3v) is 4.66. The molecule has 0 rings (SSSR count). The van der Waals surface area contributed by atoms with Gasteiger partial charge in [0, 0.05) is 0 Å². The highest BCUT2D eigenvalue weighted by Crippen LogP contribution is 1.88. The molecule has 0 aromatic rings. The summed E-state index contributed by atoms with van der Waals surface area (Å²) in [6.45, 7) is 12.8. The molecule has 5 heteroatoms. The molecule has 0 fully saturated rings. The largest absolute Gasteiger partial charge is 0.462 e. The van der Waals surface area contributed by atoms with E-state index in [4.69, 9.17) is 13.6 Å². The van der Waals surface area contributed by atoms with E-state index in [0.717, 1.165) is 23.6 Å². The zero-order valence-electron chi connectivity index (χ0n) is 9.88. The molecule has 88 valence electrons. The molecule has 0 radical (unpaired) electrons. The fourth-order valence-electron chi connectivity index (χ4n) is 0.831. The summed E-state index contributed by atoms with van der Waals surface area (Å²) in [7, 11) is -0.966. The van der Waals surface area contributed by atoms with Gasteiger partial charge in [0.15, 0.2) is 19.5 Å². The normalized spacial score (nSPS) is 11.9. The number of rotatable bonds is 10. The average molecular weight is 246 g/mol. The van der Waals surface area contributed by atoms with Crippen LogP contribution in [0.4, 0.5) is 0 Å². The first kappa shape index (κ1) is 14.8. The predicted molar refractivity (Wildman–Crippen MR) is 69.4 cm³/mol. The van der Waals surface area contributed by atoms with Crippen molar-refractivity contribution in [2.24, 2.45) is 0 Å². The van der Waals surface area contributed by atoms with Gasteiger partial charge >= 0.3 is 0 Å². The zero-order valence-corrected chi connectivity index (χ0v) is 12.7. The van der Waals surface area contributed by atoms with E-state index in [1.54, 1.807) is 0 Å². The molecule has 0 saturated carbocycles. The summed E-state index contributed by atoms with van der Waals surface area (Å²) in [5.74, 6) is 0. The first-order valence-electron chi connectivity index (χ1n) is 5.15. The summed E-state index contributed by atoms with van der Waals surface area (Å²) >= 11 is 0. The van der Waals surface area contributed by atoms with Crippen LogP contribution in [0.3, 0.4) is 0 Å². The summed E-state index contributed by atoms with van der Waals surface area (Å²) in [6.07, 6.45) is 1.56. The molecule has 0 aliphatic rings. The minimum Gasteiger partial charge on any atom is -0.462 e. The Morgan fingerprint density at radius 1 is 0.933 bits per heavy atom. The van der Waals surface area contributed by atoms with Crippen LogP contribution in [0.5, 0.6) is 0 Å². The van der Waals surface area contributed by atoms with Gasteiger partial charge in [-0.05, 0) is 13.8 Å². The van der Waals surface area contributed by atoms with Crippen molar-refractivity contribution in [3.63, 3.8) is 0 Å². The second kappa shape index (κ2) is 10.3. The molecule has 0 heterocycles. The Morgan fingerprint density at radius 3 is 1.67 bits per heavy atom. The van der Waals surface area contributed by atoms with Crippen LogP contribution in [0.25, 0.3) is 0 Å². The second-order valence-corrected chi connectivity index (χ2v) is 6.90. The maximum atomic E-state index is 5.57. The second-order valence-electron chi connectivity index (χ2n) is 3.63. The van der Waals surface area contributed by atoms with E-state index in [2.05, 4.69) is 13.2 Å². The molecule has 0 saturated heterocycles. The van der Waals surface area contributed by atoms with E-state index in [9.17, 15) is 0 Å². The highest BCUT2D eigenvalue weighted by atomic mass is 28.3. The summed E-state index contributed by atoms with van der Waals surface area (Å²) in [6, 6.07) is 0. The van der Waals surface area contributed by atoms with Crippen LogP contribution < -0.4 is 0 Å². The van der Waals surface area contributed by atoms with Crippen molar-refractivity contribution >= 4 is 19.5 Å². The van der Waals surface area contributed by atoms with E-state index in [0.29, 0.717) is 13.2 Å². The fourth-order valence-corrected chi connectivity index (χ4v) is 3.11. The van der Waals surface area contributed by atoms with Gasteiger partial charge in [-0.25, -0.2) is 0 Å². The topological polar surface area (TPSA) is 27.7 Å².